The third kappa shape index (κ3) is 1.43. The molecule has 1 aromatic heterocycles. The van der Waals surface area contributed by atoms with Crippen LogP contribution >= 0.6 is 11.3 Å². The highest BCUT2D eigenvalue weighted by Gasteiger charge is 1.99. The minimum Gasteiger partial charge on any atom is -0.316 e. The van der Waals surface area contributed by atoms with Crippen molar-refractivity contribution in [1.82, 2.24) is 5.32 Å². The van der Waals surface area contributed by atoms with Crippen LogP contribution in [0.4, 0.5) is 0 Å². The highest BCUT2D eigenvalue weighted by molar-refractivity contribution is 7.11. The van der Waals surface area contributed by atoms with Crippen molar-refractivity contribution in [2.24, 2.45) is 0 Å². The lowest BCUT2D eigenvalue weighted by Gasteiger charge is -1.94. The van der Waals surface area contributed by atoms with Crippen LogP contribution in [-0.4, -0.2) is 13.3 Å². The van der Waals surface area contributed by atoms with Gasteiger partial charge >= 0.3 is 0 Å². The molecular weight excluding hydrogens is 146 g/mol. The van der Waals surface area contributed by atoms with Crippen molar-refractivity contribution in [1.29, 1.82) is 0 Å². The van der Waals surface area contributed by atoms with Gasteiger partial charge in [0.05, 0.1) is 4.88 Å². The molecular formula is C7H9NOS. The fourth-order valence-electron chi connectivity index (χ4n) is 0.787. The smallest absolute Gasteiger partial charge is 0.160 e. The van der Waals surface area contributed by atoms with Gasteiger partial charge in [0, 0.05) is 6.54 Å². The summed E-state index contributed by atoms with van der Waals surface area (Å²) in [6.45, 7) is 0.775. The molecule has 3 heteroatoms. The predicted molar refractivity (Wildman–Crippen MR) is 42.5 cm³/mol. The lowest BCUT2D eigenvalue weighted by Crippen LogP contribution is -2.05. The highest BCUT2D eigenvalue weighted by atomic mass is 32.1. The van der Waals surface area contributed by atoms with Crippen LogP contribution < -0.4 is 5.32 Å². The molecule has 0 spiro atoms. The Labute approximate surface area is 63.9 Å². The number of aldehydes is 1. The van der Waals surface area contributed by atoms with Crippen molar-refractivity contribution in [2.75, 3.05) is 7.05 Å². The van der Waals surface area contributed by atoms with Gasteiger partial charge in [-0.3, -0.25) is 4.79 Å². The van der Waals surface area contributed by atoms with Crippen LogP contribution in [-0.2, 0) is 6.54 Å². The summed E-state index contributed by atoms with van der Waals surface area (Å²) < 4.78 is 0. The van der Waals surface area contributed by atoms with E-state index in [1.165, 1.54) is 11.3 Å². The van der Waals surface area contributed by atoms with Gasteiger partial charge in [0.1, 0.15) is 0 Å². The molecule has 0 bridgehead atoms. The molecule has 0 aliphatic heterocycles. The number of nitrogens with one attached hydrogen (secondary N) is 1. The van der Waals surface area contributed by atoms with E-state index in [0.29, 0.717) is 0 Å². The first kappa shape index (κ1) is 7.44. The average molecular weight is 155 g/mol. The third-order valence-corrected chi connectivity index (χ3v) is 2.14. The molecule has 1 rings (SSSR count). The van der Waals surface area contributed by atoms with Crippen LogP contribution in [0.5, 0.6) is 0 Å². The van der Waals surface area contributed by atoms with Crippen LogP contribution in [0.2, 0.25) is 0 Å². The fourth-order valence-corrected chi connectivity index (χ4v) is 1.51. The number of hydrogen-bond acceptors (Lipinski definition) is 3. The van der Waals surface area contributed by atoms with E-state index in [1.807, 2.05) is 18.5 Å². The Morgan fingerprint density at radius 2 is 2.60 bits per heavy atom. The van der Waals surface area contributed by atoms with Crippen LogP contribution in [0.25, 0.3) is 0 Å². The topological polar surface area (TPSA) is 29.1 Å². The Bertz CT molecular complexity index is 219. The SMILES string of the molecule is CNCc1ccsc1C=O. The molecule has 0 saturated heterocycles. The predicted octanol–water partition coefficient (Wildman–Crippen LogP) is 1.28. The molecule has 54 valence electrons. The quantitative estimate of drug-likeness (QED) is 0.666. The van der Waals surface area contributed by atoms with Gasteiger partial charge in [0.25, 0.3) is 0 Å². The lowest BCUT2D eigenvalue weighted by atomic mass is 10.3. The van der Waals surface area contributed by atoms with Crippen LogP contribution in [0.15, 0.2) is 11.4 Å². The molecule has 1 N–H and O–H groups in total. The van der Waals surface area contributed by atoms with Crippen molar-refractivity contribution in [3.63, 3.8) is 0 Å². The molecule has 0 unspecified atom stereocenters. The summed E-state index contributed by atoms with van der Waals surface area (Å²) in [6, 6.07) is 1.96. The van der Waals surface area contributed by atoms with E-state index in [2.05, 4.69) is 5.32 Å². The van der Waals surface area contributed by atoms with Gasteiger partial charge in [-0.2, -0.15) is 0 Å². The summed E-state index contributed by atoms with van der Waals surface area (Å²) in [5, 5.41) is 4.92. The number of carbonyl (C=O) groups excluding carboxylic acids is 1. The zero-order valence-electron chi connectivity index (χ0n) is 5.76. The minimum atomic E-state index is 0.775. The summed E-state index contributed by atoms with van der Waals surface area (Å²) in [6.07, 6.45) is 0.900. The Morgan fingerprint density at radius 1 is 1.80 bits per heavy atom. The normalized spacial score (nSPS) is 9.70. The molecule has 0 atom stereocenters. The van der Waals surface area contributed by atoms with Gasteiger partial charge in [-0.25, -0.2) is 0 Å². The van der Waals surface area contributed by atoms with E-state index in [9.17, 15) is 4.79 Å². The number of rotatable bonds is 3. The van der Waals surface area contributed by atoms with Crippen molar-refractivity contribution >= 4 is 17.6 Å². The fraction of sp³-hybridized carbons (Fsp3) is 0.286. The molecule has 0 aliphatic rings. The molecule has 0 amide bonds. The Balaban J connectivity index is 2.79. The van der Waals surface area contributed by atoms with E-state index in [0.717, 1.165) is 23.3 Å². The summed E-state index contributed by atoms with van der Waals surface area (Å²) in [5.41, 5.74) is 1.09. The molecule has 2 nitrogen and oxygen atoms in total. The number of carbonyl (C=O) groups is 1. The number of thiophene rings is 1. The van der Waals surface area contributed by atoms with E-state index in [-0.39, 0.29) is 0 Å². The molecule has 0 aromatic carbocycles. The van der Waals surface area contributed by atoms with Gasteiger partial charge in [0.15, 0.2) is 6.29 Å². The second-order valence-corrected chi connectivity index (χ2v) is 2.91. The molecule has 1 heterocycles. The molecule has 0 fully saturated rings. The van der Waals surface area contributed by atoms with Crippen molar-refractivity contribution in [3.8, 4) is 0 Å². The first-order valence-corrected chi connectivity index (χ1v) is 3.92. The zero-order valence-corrected chi connectivity index (χ0v) is 6.57. The first-order chi connectivity index (χ1) is 4.88. The van der Waals surface area contributed by atoms with Crippen molar-refractivity contribution in [3.05, 3.63) is 21.9 Å². The van der Waals surface area contributed by atoms with Crippen molar-refractivity contribution < 1.29 is 4.79 Å². The van der Waals surface area contributed by atoms with Gasteiger partial charge in [-0.15, -0.1) is 11.3 Å². The Hall–Kier alpha value is -0.670. The maximum atomic E-state index is 10.3. The monoisotopic (exact) mass is 155 g/mol. The molecule has 0 saturated carbocycles. The van der Waals surface area contributed by atoms with Gasteiger partial charge in [0.2, 0.25) is 0 Å². The Kier molecular flexibility index (Phi) is 2.59. The zero-order chi connectivity index (χ0) is 7.40. The van der Waals surface area contributed by atoms with E-state index in [1.54, 1.807) is 0 Å². The molecule has 1 aromatic rings. The third-order valence-electron chi connectivity index (χ3n) is 1.25. The van der Waals surface area contributed by atoms with E-state index >= 15 is 0 Å². The van der Waals surface area contributed by atoms with E-state index in [4.69, 9.17) is 0 Å². The van der Waals surface area contributed by atoms with Crippen molar-refractivity contribution in [2.45, 2.75) is 6.54 Å². The average Bonchev–Trinajstić information content (AvgIpc) is 2.36. The standard InChI is InChI=1S/C7H9NOS/c1-8-4-6-2-3-10-7(6)5-9/h2-3,5,8H,4H2,1H3. The Morgan fingerprint density at radius 3 is 3.20 bits per heavy atom. The summed E-state index contributed by atoms with van der Waals surface area (Å²) >= 11 is 1.48. The van der Waals surface area contributed by atoms with Gasteiger partial charge in [-0.05, 0) is 24.1 Å². The highest BCUT2D eigenvalue weighted by Crippen LogP contribution is 2.13. The summed E-state index contributed by atoms with van der Waals surface area (Å²) in [4.78, 5) is 11.2. The molecule has 0 radical (unpaired) electrons. The van der Waals surface area contributed by atoms with Gasteiger partial charge < -0.3 is 5.32 Å². The first-order valence-electron chi connectivity index (χ1n) is 3.04. The largest absolute Gasteiger partial charge is 0.316 e. The molecule has 0 aliphatic carbocycles. The summed E-state index contributed by atoms with van der Waals surface area (Å²) in [5.74, 6) is 0. The lowest BCUT2D eigenvalue weighted by molar-refractivity contribution is 0.112. The maximum absolute atomic E-state index is 10.3. The minimum absolute atomic E-state index is 0.775. The second-order valence-electron chi connectivity index (χ2n) is 1.96. The van der Waals surface area contributed by atoms with E-state index < -0.39 is 0 Å². The maximum Gasteiger partial charge on any atom is 0.160 e. The van der Waals surface area contributed by atoms with Crippen LogP contribution in [0, 0.1) is 0 Å². The number of hydrogen-bond donors (Lipinski definition) is 1. The molecule has 10 heavy (non-hydrogen) atoms. The van der Waals surface area contributed by atoms with Crippen LogP contribution in [0.3, 0.4) is 0 Å². The van der Waals surface area contributed by atoms with Gasteiger partial charge in [-0.1, -0.05) is 0 Å². The summed E-state index contributed by atoms with van der Waals surface area (Å²) in [7, 11) is 1.87. The second kappa shape index (κ2) is 3.49. The van der Waals surface area contributed by atoms with Crippen LogP contribution in [0.1, 0.15) is 15.2 Å².